The third kappa shape index (κ3) is 1.51. The van der Waals surface area contributed by atoms with Crippen molar-refractivity contribution in [2.45, 2.75) is 27.7 Å². The summed E-state index contributed by atoms with van der Waals surface area (Å²) in [6, 6.07) is 12.9. The van der Waals surface area contributed by atoms with Gasteiger partial charge in [-0.3, -0.25) is 4.79 Å². The second-order valence-corrected chi connectivity index (χ2v) is 6.93. The van der Waals surface area contributed by atoms with Crippen molar-refractivity contribution in [3.63, 3.8) is 0 Å². The second-order valence-electron chi connectivity index (χ2n) is 6.93. The molecule has 0 bridgehead atoms. The van der Waals surface area contributed by atoms with Crippen LogP contribution in [0.25, 0.3) is 21.9 Å². The average molecular weight is 288 g/mol. The lowest BCUT2D eigenvalue weighted by Gasteiger charge is -2.12. The van der Waals surface area contributed by atoms with Crippen LogP contribution in [0.2, 0.25) is 0 Å². The highest BCUT2D eigenvalue weighted by Gasteiger charge is 2.40. The number of benzene rings is 2. The first kappa shape index (κ1) is 13.5. The van der Waals surface area contributed by atoms with Crippen molar-refractivity contribution in [2.24, 2.45) is 11.8 Å². The molecule has 0 N–H and O–H groups in total. The summed E-state index contributed by atoms with van der Waals surface area (Å²) in [5.41, 5.74) is 6.91. The molecule has 22 heavy (non-hydrogen) atoms. The molecule has 2 aliphatic carbocycles. The summed E-state index contributed by atoms with van der Waals surface area (Å²) in [7, 11) is 0. The molecule has 1 nitrogen and oxygen atoms in total. The molecule has 2 aromatic rings. The van der Waals surface area contributed by atoms with Gasteiger partial charge in [0.2, 0.25) is 0 Å². The summed E-state index contributed by atoms with van der Waals surface area (Å²) in [4.78, 5) is 13.0. The molecule has 110 valence electrons. The Morgan fingerprint density at radius 2 is 1.18 bits per heavy atom. The van der Waals surface area contributed by atoms with Gasteiger partial charge < -0.3 is 0 Å². The fourth-order valence-electron chi connectivity index (χ4n) is 4.06. The van der Waals surface area contributed by atoms with E-state index in [2.05, 4.69) is 64.1 Å². The largest absolute Gasteiger partial charge is 0.289 e. The van der Waals surface area contributed by atoms with Crippen LogP contribution in [0, 0.1) is 11.8 Å². The van der Waals surface area contributed by atoms with E-state index >= 15 is 0 Å². The molecule has 1 heteroatoms. The van der Waals surface area contributed by atoms with Crippen molar-refractivity contribution < 1.29 is 4.79 Å². The number of carbonyl (C=O) groups is 1. The van der Waals surface area contributed by atoms with E-state index < -0.39 is 0 Å². The Balaban J connectivity index is 2.19. The zero-order chi connectivity index (χ0) is 15.6. The lowest BCUT2D eigenvalue weighted by atomic mass is 9.90. The van der Waals surface area contributed by atoms with E-state index in [1.165, 1.54) is 33.0 Å². The van der Waals surface area contributed by atoms with Crippen LogP contribution in [0.3, 0.4) is 0 Å². The summed E-state index contributed by atoms with van der Waals surface area (Å²) in [5.74, 6) is 0.762. The van der Waals surface area contributed by atoms with Crippen molar-refractivity contribution in [1.82, 2.24) is 0 Å². The van der Waals surface area contributed by atoms with Crippen molar-refractivity contribution >= 4 is 27.7 Å². The zero-order valence-electron chi connectivity index (χ0n) is 13.5. The van der Waals surface area contributed by atoms with E-state index in [4.69, 9.17) is 0 Å². The van der Waals surface area contributed by atoms with Crippen LogP contribution < -0.4 is 0 Å². The Labute approximate surface area is 131 Å². The number of allylic oxidation sites excluding steroid dienone is 4. The minimum Gasteiger partial charge on any atom is -0.289 e. The molecule has 0 aromatic heterocycles. The number of fused-ring (bicyclic) bond motifs is 3. The van der Waals surface area contributed by atoms with Gasteiger partial charge in [-0.1, -0.05) is 64.1 Å². The van der Waals surface area contributed by atoms with Crippen molar-refractivity contribution in [3.8, 4) is 0 Å². The molecule has 0 unspecified atom stereocenters. The van der Waals surface area contributed by atoms with Crippen molar-refractivity contribution in [1.29, 1.82) is 0 Å². The molecule has 0 fully saturated rings. The van der Waals surface area contributed by atoms with Crippen molar-refractivity contribution in [2.75, 3.05) is 0 Å². The van der Waals surface area contributed by atoms with Crippen LogP contribution in [0.15, 0.2) is 47.5 Å². The number of Topliss-reactive ketones (excluding diaryl/α,β-unsaturated/α-hetero) is 1. The third-order valence-corrected chi connectivity index (χ3v) is 4.88. The van der Waals surface area contributed by atoms with Gasteiger partial charge in [0, 0.05) is 11.1 Å². The normalized spacial score (nSPS) is 16.7. The number of rotatable bonds is 2. The van der Waals surface area contributed by atoms with Gasteiger partial charge in [-0.15, -0.1) is 0 Å². The first-order valence-electron chi connectivity index (χ1n) is 8.08. The quantitative estimate of drug-likeness (QED) is 0.737. The first-order chi connectivity index (χ1) is 10.5. The fraction of sp³-hybridized carbons (Fsp3) is 0.286. The van der Waals surface area contributed by atoms with E-state index in [0.717, 1.165) is 11.1 Å². The molecule has 0 amide bonds. The summed E-state index contributed by atoms with van der Waals surface area (Å²) in [5, 5.41) is 2.59. The van der Waals surface area contributed by atoms with E-state index in [0.29, 0.717) is 0 Å². The Morgan fingerprint density at radius 1 is 0.727 bits per heavy atom. The van der Waals surface area contributed by atoms with Crippen LogP contribution in [-0.2, 0) is 4.79 Å². The van der Waals surface area contributed by atoms with Crippen LogP contribution >= 0.6 is 0 Å². The van der Waals surface area contributed by atoms with E-state index in [9.17, 15) is 4.79 Å². The minimum atomic E-state index is 0.248. The molecular weight excluding hydrogens is 268 g/mol. The molecule has 0 heterocycles. The van der Waals surface area contributed by atoms with Crippen LogP contribution in [0.5, 0.6) is 0 Å². The molecule has 0 radical (unpaired) electrons. The van der Waals surface area contributed by atoms with Gasteiger partial charge >= 0.3 is 0 Å². The number of hydrogen-bond donors (Lipinski definition) is 0. The summed E-state index contributed by atoms with van der Waals surface area (Å²) < 4.78 is 0. The van der Waals surface area contributed by atoms with Crippen molar-refractivity contribution in [3.05, 3.63) is 58.7 Å². The van der Waals surface area contributed by atoms with Gasteiger partial charge in [0.1, 0.15) is 0 Å². The molecule has 4 rings (SSSR count). The Kier molecular flexibility index (Phi) is 2.72. The maximum atomic E-state index is 13.0. The second kappa shape index (κ2) is 4.42. The van der Waals surface area contributed by atoms with Crippen LogP contribution in [0.1, 0.15) is 38.8 Å². The highest BCUT2D eigenvalue weighted by atomic mass is 16.1. The maximum absolute atomic E-state index is 13.0. The summed E-state index contributed by atoms with van der Waals surface area (Å²) in [6.07, 6.45) is 0. The lowest BCUT2D eigenvalue weighted by Crippen LogP contribution is -2.11. The van der Waals surface area contributed by atoms with Gasteiger partial charge in [0.25, 0.3) is 0 Å². The van der Waals surface area contributed by atoms with Gasteiger partial charge in [-0.2, -0.15) is 0 Å². The van der Waals surface area contributed by atoms with E-state index in [1.807, 2.05) is 0 Å². The molecule has 0 aliphatic heterocycles. The Morgan fingerprint density at radius 3 is 1.59 bits per heavy atom. The molecule has 0 atom stereocenters. The first-order valence-corrected chi connectivity index (χ1v) is 8.08. The SMILES string of the molecule is CC(C)C1=C2C(=C(C(C)C)C1=O)c1cccc3cccc2c13. The van der Waals surface area contributed by atoms with Crippen LogP contribution in [0.4, 0.5) is 0 Å². The highest BCUT2D eigenvalue weighted by molar-refractivity contribution is 6.38. The fourth-order valence-corrected chi connectivity index (χ4v) is 4.06. The molecule has 2 aliphatic rings. The molecule has 2 aromatic carbocycles. The smallest absolute Gasteiger partial charge is 0.186 e. The number of carbonyl (C=O) groups excluding carboxylic acids is 1. The number of hydrogen-bond acceptors (Lipinski definition) is 1. The summed E-state index contributed by atoms with van der Waals surface area (Å²) in [6.45, 7) is 8.52. The topological polar surface area (TPSA) is 17.1 Å². The van der Waals surface area contributed by atoms with Gasteiger partial charge in [-0.25, -0.2) is 0 Å². The third-order valence-electron chi connectivity index (χ3n) is 4.88. The molecule has 0 spiro atoms. The molecule has 0 saturated carbocycles. The van der Waals surface area contributed by atoms with Crippen LogP contribution in [-0.4, -0.2) is 5.78 Å². The van der Waals surface area contributed by atoms with E-state index in [1.54, 1.807) is 0 Å². The van der Waals surface area contributed by atoms with Gasteiger partial charge in [-0.05, 0) is 44.9 Å². The average Bonchev–Trinajstić information content (AvgIpc) is 2.94. The predicted octanol–water partition coefficient (Wildman–Crippen LogP) is 5.26. The standard InChI is InChI=1S/C21H20O/c1-11(2)16-19-14-9-5-7-13-8-6-10-15(18(13)14)20(19)17(12(3)4)21(16)22/h5-12H,1-4H3. The number of ketones is 1. The monoisotopic (exact) mass is 288 g/mol. The summed E-state index contributed by atoms with van der Waals surface area (Å²) >= 11 is 0. The zero-order valence-corrected chi connectivity index (χ0v) is 13.5. The maximum Gasteiger partial charge on any atom is 0.186 e. The van der Waals surface area contributed by atoms with Gasteiger partial charge in [0.05, 0.1) is 0 Å². The lowest BCUT2D eigenvalue weighted by molar-refractivity contribution is -0.112. The van der Waals surface area contributed by atoms with Gasteiger partial charge in [0.15, 0.2) is 5.78 Å². The Bertz CT molecular complexity index is 823. The predicted molar refractivity (Wildman–Crippen MR) is 92.5 cm³/mol. The molecular formula is C21H20O. The Hall–Kier alpha value is -2.15. The van der Waals surface area contributed by atoms with E-state index in [-0.39, 0.29) is 17.6 Å². The highest BCUT2D eigenvalue weighted by Crippen LogP contribution is 2.54. The molecule has 0 saturated heterocycles. The minimum absolute atomic E-state index is 0.248.